The third kappa shape index (κ3) is 6.00. The van der Waals surface area contributed by atoms with Gasteiger partial charge in [-0.1, -0.05) is 164 Å². The normalized spacial score (nSPS) is 11.4. The second-order valence-electron chi connectivity index (χ2n) is 14.9. The van der Waals surface area contributed by atoms with Gasteiger partial charge in [0.05, 0.1) is 0 Å². The number of hydrogen-bond acceptors (Lipinski definition) is 2. The Balaban J connectivity index is 1.04. The molecule has 0 bridgehead atoms. The molecule has 0 atom stereocenters. The first-order chi connectivity index (χ1) is 28.7. The van der Waals surface area contributed by atoms with Gasteiger partial charge >= 0.3 is 0 Å². The molecule has 0 aliphatic rings. The minimum atomic E-state index is 0.856. The van der Waals surface area contributed by atoms with Crippen LogP contribution in [0.15, 0.2) is 229 Å². The molecule has 2 nitrogen and oxygen atoms in total. The molecular weight excluding hydrogens is 703 g/mol. The van der Waals surface area contributed by atoms with Crippen molar-refractivity contribution in [2.45, 2.75) is 0 Å². The molecule has 272 valence electrons. The van der Waals surface area contributed by atoms with E-state index >= 15 is 0 Å². The molecule has 0 aliphatic heterocycles. The van der Waals surface area contributed by atoms with Crippen LogP contribution in [0.2, 0.25) is 0 Å². The summed E-state index contributed by atoms with van der Waals surface area (Å²) >= 11 is 0. The Kier molecular flexibility index (Phi) is 8.19. The lowest BCUT2D eigenvalue weighted by Crippen LogP contribution is -2.09. The lowest BCUT2D eigenvalue weighted by atomic mass is 9.91. The van der Waals surface area contributed by atoms with Gasteiger partial charge in [0.2, 0.25) is 0 Å². The Morgan fingerprint density at radius 3 is 1.41 bits per heavy atom. The van der Waals surface area contributed by atoms with E-state index in [0.29, 0.717) is 0 Å². The second kappa shape index (κ2) is 14.1. The Hall–Kier alpha value is -7.68. The van der Waals surface area contributed by atoms with E-state index in [2.05, 4.69) is 223 Å². The van der Waals surface area contributed by atoms with Crippen LogP contribution in [-0.2, 0) is 0 Å². The summed E-state index contributed by atoms with van der Waals surface area (Å²) in [6.45, 7) is 0. The highest BCUT2D eigenvalue weighted by Crippen LogP contribution is 2.43. The van der Waals surface area contributed by atoms with Gasteiger partial charge in [0.25, 0.3) is 0 Å². The van der Waals surface area contributed by atoms with Crippen molar-refractivity contribution >= 4 is 60.5 Å². The van der Waals surface area contributed by atoms with Crippen LogP contribution in [0.5, 0.6) is 0 Å². The highest BCUT2D eigenvalue weighted by Gasteiger charge is 2.18. The van der Waals surface area contributed by atoms with Gasteiger partial charge in [0.1, 0.15) is 11.2 Å². The molecule has 10 aromatic carbocycles. The largest absolute Gasteiger partial charge is 0.455 e. The fourth-order valence-electron chi connectivity index (χ4n) is 8.52. The van der Waals surface area contributed by atoms with Crippen molar-refractivity contribution in [1.29, 1.82) is 0 Å². The van der Waals surface area contributed by atoms with Gasteiger partial charge < -0.3 is 9.32 Å². The van der Waals surface area contributed by atoms with Crippen molar-refractivity contribution in [3.63, 3.8) is 0 Å². The molecule has 0 saturated heterocycles. The van der Waals surface area contributed by atoms with Crippen LogP contribution in [0.25, 0.3) is 88.0 Å². The number of nitrogens with zero attached hydrogens (tertiary/aromatic N) is 1. The third-order valence-electron chi connectivity index (χ3n) is 11.4. The molecule has 0 amide bonds. The minimum Gasteiger partial charge on any atom is -0.455 e. The molecule has 0 N–H and O–H groups in total. The van der Waals surface area contributed by atoms with E-state index in [1.54, 1.807) is 0 Å². The van der Waals surface area contributed by atoms with Crippen LogP contribution in [-0.4, -0.2) is 0 Å². The summed E-state index contributed by atoms with van der Waals surface area (Å²) in [5.41, 5.74) is 14.3. The molecule has 1 aromatic heterocycles. The molecule has 0 radical (unpaired) electrons. The number of furan rings is 1. The summed E-state index contributed by atoms with van der Waals surface area (Å²) in [6, 6.07) is 80.6. The molecule has 0 spiro atoms. The maximum atomic E-state index is 6.75. The second-order valence-corrected chi connectivity index (χ2v) is 14.9. The smallest absolute Gasteiger partial charge is 0.143 e. The number of hydrogen-bond donors (Lipinski definition) is 0. The van der Waals surface area contributed by atoms with E-state index in [0.717, 1.165) is 50.1 Å². The fourth-order valence-corrected chi connectivity index (χ4v) is 8.52. The quantitative estimate of drug-likeness (QED) is 0.162. The summed E-state index contributed by atoms with van der Waals surface area (Å²) in [5.74, 6) is 0. The van der Waals surface area contributed by atoms with E-state index < -0.39 is 0 Å². The van der Waals surface area contributed by atoms with E-state index in [1.165, 1.54) is 54.9 Å². The number of rotatable bonds is 7. The van der Waals surface area contributed by atoms with Gasteiger partial charge in [-0.05, 0) is 115 Å². The zero-order chi connectivity index (χ0) is 38.4. The van der Waals surface area contributed by atoms with Crippen LogP contribution in [0.1, 0.15) is 0 Å². The molecule has 11 rings (SSSR count). The topological polar surface area (TPSA) is 16.4 Å². The number of benzene rings is 10. The van der Waals surface area contributed by atoms with Gasteiger partial charge in [-0.3, -0.25) is 0 Å². The first-order valence-electron chi connectivity index (χ1n) is 19.8. The average Bonchev–Trinajstić information content (AvgIpc) is 3.68. The molecule has 0 aliphatic carbocycles. The van der Waals surface area contributed by atoms with Crippen LogP contribution < -0.4 is 4.90 Å². The Labute approximate surface area is 337 Å². The highest BCUT2D eigenvalue weighted by molar-refractivity contribution is 6.10. The van der Waals surface area contributed by atoms with Crippen LogP contribution in [0.3, 0.4) is 0 Å². The Bertz CT molecular complexity index is 3250. The van der Waals surface area contributed by atoms with Gasteiger partial charge in [-0.25, -0.2) is 0 Å². The summed E-state index contributed by atoms with van der Waals surface area (Å²) in [6.07, 6.45) is 0. The Morgan fingerprint density at radius 1 is 0.276 bits per heavy atom. The van der Waals surface area contributed by atoms with Crippen molar-refractivity contribution in [3.05, 3.63) is 224 Å². The molecule has 0 saturated carbocycles. The molecule has 1 heterocycles. The molecular formula is C56H37NO. The number of para-hydroxylation sites is 1. The molecule has 2 heteroatoms. The highest BCUT2D eigenvalue weighted by atomic mass is 16.3. The Morgan fingerprint density at radius 2 is 0.776 bits per heavy atom. The van der Waals surface area contributed by atoms with Gasteiger partial charge in [0.15, 0.2) is 0 Å². The van der Waals surface area contributed by atoms with Crippen LogP contribution >= 0.6 is 0 Å². The van der Waals surface area contributed by atoms with Crippen molar-refractivity contribution in [1.82, 2.24) is 0 Å². The average molecular weight is 740 g/mol. The first kappa shape index (κ1) is 33.6. The summed E-state index contributed by atoms with van der Waals surface area (Å²) in [7, 11) is 0. The van der Waals surface area contributed by atoms with Crippen molar-refractivity contribution in [2.75, 3.05) is 4.90 Å². The number of fused-ring (bicyclic) bond motifs is 5. The van der Waals surface area contributed by atoms with E-state index in [9.17, 15) is 0 Å². The summed E-state index contributed by atoms with van der Waals surface area (Å²) in [4.78, 5) is 2.33. The molecule has 58 heavy (non-hydrogen) atoms. The number of anilines is 3. The van der Waals surface area contributed by atoms with E-state index in [4.69, 9.17) is 4.42 Å². The predicted octanol–water partition coefficient (Wildman–Crippen LogP) is 16.0. The first-order valence-corrected chi connectivity index (χ1v) is 19.8. The van der Waals surface area contributed by atoms with Gasteiger partial charge in [-0.2, -0.15) is 0 Å². The fraction of sp³-hybridized carbons (Fsp3) is 0. The van der Waals surface area contributed by atoms with E-state index in [1.807, 2.05) is 6.07 Å². The zero-order valence-electron chi connectivity index (χ0n) is 31.7. The van der Waals surface area contributed by atoms with Crippen molar-refractivity contribution in [3.8, 4) is 44.5 Å². The summed E-state index contributed by atoms with van der Waals surface area (Å²) < 4.78 is 6.75. The van der Waals surface area contributed by atoms with Crippen LogP contribution in [0, 0.1) is 0 Å². The monoisotopic (exact) mass is 739 g/mol. The molecule has 11 aromatic rings. The zero-order valence-corrected chi connectivity index (χ0v) is 31.7. The predicted molar refractivity (Wildman–Crippen MR) is 245 cm³/mol. The maximum Gasteiger partial charge on any atom is 0.143 e. The third-order valence-corrected chi connectivity index (χ3v) is 11.4. The lowest BCUT2D eigenvalue weighted by molar-refractivity contribution is 0.670. The molecule has 0 unspecified atom stereocenters. The lowest BCUT2D eigenvalue weighted by Gasteiger charge is -2.26. The van der Waals surface area contributed by atoms with Crippen LogP contribution in [0.4, 0.5) is 17.1 Å². The minimum absolute atomic E-state index is 0.856. The van der Waals surface area contributed by atoms with Gasteiger partial charge in [0, 0.05) is 39.5 Å². The SMILES string of the molecule is c1ccc(-c2cc3ccccc3cc2-c2ccc(N(c3ccc(-c4ccc5ccccc5c4)cc3)c3ccc4c(c3)oc3c(-c5ccccc5)cccc34)cc2)cc1. The standard InChI is InChI=1S/C56H37NO/c1-3-13-40(14-4-1)50-20-11-21-52-51-33-32-49(37-55(51)58-56(50)52)57(47-28-24-39(25-29-47)46-23-22-38-12-7-8-17-43(38)34-46)48-30-26-42(27-31-48)54-36-45-19-10-9-18-44(45)35-53(54)41-15-5-2-6-16-41/h1-37H. The van der Waals surface area contributed by atoms with Gasteiger partial charge in [-0.15, -0.1) is 0 Å². The van der Waals surface area contributed by atoms with Crippen molar-refractivity contribution in [2.24, 2.45) is 0 Å². The molecule has 0 fully saturated rings. The van der Waals surface area contributed by atoms with Crippen molar-refractivity contribution < 1.29 is 4.42 Å². The van der Waals surface area contributed by atoms with E-state index in [-0.39, 0.29) is 0 Å². The summed E-state index contributed by atoms with van der Waals surface area (Å²) in [5, 5.41) is 7.16. The maximum absolute atomic E-state index is 6.75.